The second-order valence-corrected chi connectivity index (χ2v) is 7.48. The van der Waals surface area contributed by atoms with Crippen LogP contribution in [0.4, 0.5) is 0 Å². The lowest BCUT2D eigenvalue weighted by Gasteiger charge is -2.22. The second kappa shape index (κ2) is 6.04. The van der Waals surface area contributed by atoms with Crippen molar-refractivity contribution in [2.75, 3.05) is 0 Å². The van der Waals surface area contributed by atoms with Crippen LogP contribution in [0.15, 0.2) is 48.5 Å². The van der Waals surface area contributed by atoms with Gasteiger partial charge in [0.15, 0.2) is 0 Å². The molecule has 0 heterocycles. The number of benzene rings is 2. The number of ether oxygens (including phenoxy) is 2. The van der Waals surface area contributed by atoms with Gasteiger partial charge in [-0.05, 0) is 76.9 Å². The molecule has 2 heteroatoms. The lowest BCUT2D eigenvalue weighted by molar-refractivity contribution is 0.130. The van der Waals surface area contributed by atoms with Crippen molar-refractivity contribution in [2.45, 2.75) is 52.7 Å². The molecule has 0 radical (unpaired) electrons. The van der Waals surface area contributed by atoms with Gasteiger partial charge in [0.1, 0.15) is 22.7 Å². The summed E-state index contributed by atoms with van der Waals surface area (Å²) >= 11 is 0. The van der Waals surface area contributed by atoms with E-state index in [2.05, 4.69) is 65.8 Å². The van der Waals surface area contributed by atoms with Gasteiger partial charge in [0.2, 0.25) is 0 Å². The molecule has 0 spiro atoms. The molecule has 0 N–H and O–H groups in total. The van der Waals surface area contributed by atoms with Crippen molar-refractivity contribution in [2.24, 2.45) is 0 Å². The number of hydrogen-bond donors (Lipinski definition) is 0. The standard InChI is InChI=1S/C20H26O2/c1-19(2,3)21-17-11-7-15(8-12-17)16-9-13-18(14-10-16)22-20(4,5)6/h7-14H,1-6H3. The van der Waals surface area contributed by atoms with E-state index >= 15 is 0 Å². The maximum atomic E-state index is 5.85. The minimum absolute atomic E-state index is 0.173. The van der Waals surface area contributed by atoms with Gasteiger partial charge < -0.3 is 9.47 Å². The van der Waals surface area contributed by atoms with Crippen LogP contribution in [0.5, 0.6) is 11.5 Å². The summed E-state index contributed by atoms with van der Waals surface area (Å²) in [7, 11) is 0. The Morgan fingerprint density at radius 3 is 1.00 bits per heavy atom. The van der Waals surface area contributed by atoms with Crippen molar-refractivity contribution < 1.29 is 9.47 Å². The zero-order chi connectivity index (χ0) is 16.4. The maximum absolute atomic E-state index is 5.85. The van der Waals surface area contributed by atoms with Gasteiger partial charge in [-0.3, -0.25) is 0 Å². The van der Waals surface area contributed by atoms with Gasteiger partial charge in [0, 0.05) is 0 Å². The van der Waals surface area contributed by atoms with Crippen molar-refractivity contribution >= 4 is 0 Å². The molecule has 2 rings (SSSR count). The Morgan fingerprint density at radius 2 is 0.773 bits per heavy atom. The average molecular weight is 298 g/mol. The largest absolute Gasteiger partial charge is 0.488 e. The molecule has 0 aromatic heterocycles. The minimum atomic E-state index is -0.173. The molecule has 22 heavy (non-hydrogen) atoms. The summed E-state index contributed by atoms with van der Waals surface area (Å²) in [4.78, 5) is 0. The Hall–Kier alpha value is -1.96. The van der Waals surface area contributed by atoms with Crippen LogP contribution in [-0.2, 0) is 0 Å². The van der Waals surface area contributed by atoms with E-state index in [1.165, 1.54) is 11.1 Å². The fourth-order valence-electron chi connectivity index (χ4n) is 2.14. The first-order valence-corrected chi connectivity index (χ1v) is 7.71. The van der Waals surface area contributed by atoms with E-state index in [9.17, 15) is 0 Å². The quantitative estimate of drug-likeness (QED) is 0.722. The van der Waals surface area contributed by atoms with Gasteiger partial charge in [-0.2, -0.15) is 0 Å². The summed E-state index contributed by atoms with van der Waals surface area (Å²) in [5, 5.41) is 0. The molecule has 0 unspecified atom stereocenters. The fourth-order valence-corrected chi connectivity index (χ4v) is 2.14. The molecule has 0 amide bonds. The Labute approximate surface area is 134 Å². The van der Waals surface area contributed by atoms with Crippen LogP contribution in [0, 0.1) is 0 Å². The summed E-state index contributed by atoms with van der Waals surface area (Å²) < 4.78 is 11.7. The van der Waals surface area contributed by atoms with Crippen molar-refractivity contribution in [3.8, 4) is 22.6 Å². The third kappa shape index (κ3) is 5.10. The lowest BCUT2D eigenvalue weighted by atomic mass is 10.1. The summed E-state index contributed by atoms with van der Waals surface area (Å²) in [6, 6.07) is 16.4. The van der Waals surface area contributed by atoms with Crippen LogP contribution in [0.3, 0.4) is 0 Å². The molecule has 0 bridgehead atoms. The second-order valence-electron chi connectivity index (χ2n) is 7.48. The normalized spacial score (nSPS) is 12.1. The maximum Gasteiger partial charge on any atom is 0.120 e. The van der Waals surface area contributed by atoms with Gasteiger partial charge in [-0.25, -0.2) is 0 Å². The Kier molecular flexibility index (Phi) is 4.50. The molecule has 2 aromatic rings. The van der Waals surface area contributed by atoms with E-state index in [0.717, 1.165) is 11.5 Å². The van der Waals surface area contributed by atoms with Crippen LogP contribution < -0.4 is 9.47 Å². The van der Waals surface area contributed by atoms with E-state index in [1.807, 2.05) is 24.3 Å². The van der Waals surface area contributed by atoms with Crippen LogP contribution in [0.1, 0.15) is 41.5 Å². The highest BCUT2D eigenvalue weighted by Crippen LogP contribution is 2.27. The van der Waals surface area contributed by atoms with E-state index in [0.29, 0.717) is 0 Å². The molecule has 118 valence electrons. The van der Waals surface area contributed by atoms with E-state index < -0.39 is 0 Å². The Morgan fingerprint density at radius 1 is 0.500 bits per heavy atom. The molecule has 0 aliphatic heterocycles. The van der Waals surface area contributed by atoms with Crippen molar-refractivity contribution in [1.82, 2.24) is 0 Å². The lowest BCUT2D eigenvalue weighted by Crippen LogP contribution is -2.22. The highest BCUT2D eigenvalue weighted by Gasteiger charge is 2.12. The molecule has 0 atom stereocenters. The molecule has 0 saturated heterocycles. The molecule has 0 aliphatic carbocycles. The first-order valence-electron chi connectivity index (χ1n) is 7.71. The smallest absolute Gasteiger partial charge is 0.120 e. The SMILES string of the molecule is CC(C)(C)Oc1ccc(-c2ccc(OC(C)(C)C)cc2)cc1. The number of hydrogen-bond acceptors (Lipinski definition) is 2. The molecule has 2 aromatic carbocycles. The van der Waals surface area contributed by atoms with Crippen LogP contribution >= 0.6 is 0 Å². The summed E-state index contributed by atoms with van der Waals surface area (Å²) in [6.07, 6.45) is 0. The molecule has 0 saturated carbocycles. The van der Waals surface area contributed by atoms with E-state index in [4.69, 9.17) is 9.47 Å². The third-order valence-electron chi connectivity index (χ3n) is 2.89. The summed E-state index contributed by atoms with van der Waals surface area (Å²) in [6.45, 7) is 12.3. The molecule has 0 fully saturated rings. The zero-order valence-corrected chi connectivity index (χ0v) is 14.4. The Bertz CT molecular complexity index is 539. The highest BCUT2D eigenvalue weighted by molar-refractivity contribution is 5.64. The Balaban J connectivity index is 2.12. The molecule has 0 aliphatic rings. The summed E-state index contributed by atoms with van der Waals surface area (Å²) in [5.41, 5.74) is 1.99. The van der Waals surface area contributed by atoms with Gasteiger partial charge in [-0.15, -0.1) is 0 Å². The first-order chi connectivity index (χ1) is 10.1. The average Bonchev–Trinajstić information content (AvgIpc) is 2.37. The van der Waals surface area contributed by atoms with E-state index in [-0.39, 0.29) is 11.2 Å². The third-order valence-corrected chi connectivity index (χ3v) is 2.89. The predicted molar refractivity (Wildman–Crippen MR) is 92.6 cm³/mol. The molecular weight excluding hydrogens is 272 g/mol. The summed E-state index contributed by atoms with van der Waals surface area (Å²) in [5.74, 6) is 1.79. The minimum Gasteiger partial charge on any atom is -0.488 e. The van der Waals surface area contributed by atoms with Crippen molar-refractivity contribution in [1.29, 1.82) is 0 Å². The molecular formula is C20H26O2. The van der Waals surface area contributed by atoms with Gasteiger partial charge in [0.25, 0.3) is 0 Å². The van der Waals surface area contributed by atoms with E-state index in [1.54, 1.807) is 0 Å². The monoisotopic (exact) mass is 298 g/mol. The first kappa shape index (κ1) is 16.4. The fraction of sp³-hybridized carbons (Fsp3) is 0.400. The predicted octanol–water partition coefficient (Wildman–Crippen LogP) is 5.71. The van der Waals surface area contributed by atoms with Gasteiger partial charge >= 0.3 is 0 Å². The van der Waals surface area contributed by atoms with Crippen LogP contribution in [0.2, 0.25) is 0 Å². The molecule has 2 nitrogen and oxygen atoms in total. The van der Waals surface area contributed by atoms with Gasteiger partial charge in [0.05, 0.1) is 0 Å². The highest BCUT2D eigenvalue weighted by atomic mass is 16.5. The van der Waals surface area contributed by atoms with Crippen LogP contribution in [0.25, 0.3) is 11.1 Å². The van der Waals surface area contributed by atoms with Gasteiger partial charge in [-0.1, -0.05) is 24.3 Å². The topological polar surface area (TPSA) is 18.5 Å². The zero-order valence-electron chi connectivity index (χ0n) is 14.4. The number of rotatable bonds is 3. The van der Waals surface area contributed by atoms with Crippen molar-refractivity contribution in [3.05, 3.63) is 48.5 Å². The van der Waals surface area contributed by atoms with Crippen LogP contribution in [-0.4, -0.2) is 11.2 Å². The van der Waals surface area contributed by atoms with Crippen molar-refractivity contribution in [3.63, 3.8) is 0 Å².